The Labute approximate surface area is 181 Å². The van der Waals surface area contributed by atoms with E-state index < -0.39 is 0 Å². The number of piperidine rings is 1. The second kappa shape index (κ2) is 11.2. The van der Waals surface area contributed by atoms with Crippen LogP contribution in [0.4, 0.5) is 0 Å². The lowest BCUT2D eigenvalue weighted by Crippen LogP contribution is -2.52. The molecule has 3 fully saturated rings. The Morgan fingerprint density at radius 2 is 2.00 bits per heavy atom. The van der Waals surface area contributed by atoms with E-state index in [1.54, 1.807) is 0 Å². The molecule has 3 unspecified atom stereocenters. The standard InChI is InChI=1S/C20H38N4O2.HI/c1-20(9-4-3-5-18(20)25)15-22-19(21-2)23-17-6-10-24(11-7-17)13-16-8-12-26-14-16;/h16-18,25H,3-15H2,1-2H3,(H2,21,22,23);1H. The van der Waals surface area contributed by atoms with Crippen molar-refractivity contribution in [1.82, 2.24) is 15.5 Å². The number of ether oxygens (including phenoxy) is 1. The largest absolute Gasteiger partial charge is 0.392 e. The highest BCUT2D eigenvalue weighted by molar-refractivity contribution is 14.0. The first kappa shape index (κ1) is 23.2. The summed E-state index contributed by atoms with van der Waals surface area (Å²) in [7, 11) is 1.84. The van der Waals surface area contributed by atoms with Gasteiger partial charge in [-0.2, -0.15) is 0 Å². The van der Waals surface area contributed by atoms with Crippen LogP contribution in [0.2, 0.25) is 0 Å². The number of nitrogens with one attached hydrogen (secondary N) is 2. The molecule has 158 valence electrons. The number of aliphatic hydroxyl groups excluding tert-OH is 1. The van der Waals surface area contributed by atoms with Crippen LogP contribution in [0.5, 0.6) is 0 Å². The molecule has 1 aliphatic carbocycles. The Balaban J connectivity index is 0.00000261. The van der Waals surface area contributed by atoms with Crippen LogP contribution in [0, 0.1) is 11.3 Å². The van der Waals surface area contributed by atoms with Crippen molar-refractivity contribution in [2.24, 2.45) is 16.3 Å². The molecular weight excluding hydrogens is 455 g/mol. The molecule has 3 atom stereocenters. The molecule has 0 aromatic rings. The predicted molar refractivity (Wildman–Crippen MR) is 121 cm³/mol. The molecule has 3 aliphatic rings. The zero-order valence-corrected chi connectivity index (χ0v) is 19.4. The Morgan fingerprint density at radius 1 is 1.22 bits per heavy atom. The number of likely N-dealkylation sites (tertiary alicyclic amines) is 1. The fraction of sp³-hybridized carbons (Fsp3) is 0.950. The lowest BCUT2D eigenvalue weighted by Gasteiger charge is -2.39. The van der Waals surface area contributed by atoms with E-state index in [0.29, 0.717) is 6.04 Å². The number of halogens is 1. The van der Waals surface area contributed by atoms with Gasteiger partial charge in [0.05, 0.1) is 12.7 Å². The first-order chi connectivity index (χ1) is 12.6. The third-order valence-corrected chi connectivity index (χ3v) is 6.63. The van der Waals surface area contributed by atoms with Crippen LogP contribution in [0.15, 0.2) is 4.99 Å². The van der Waals surface area contributed by atoms with Crippen LogP contribution in [-0.2, 0) is 4.74 Å². The van der Waals surface area contributed by atoms with Gasteiger partial charge in [0.1, 0.15) is 0 Å². The molecule has 6 nitrogen and oxygen atoms in total. The van der Waals surface area contributed by atoms with Gasteiger partial charge in [-0.3, -0.25) is 4.99 Å². The van der Waals surface area contributed by atoms with Crippen molar-refractivity contribution in [3.8, 4) is 0 Å². The van der Waals surface area contributed by atoms with E-state index in [1.807, 2.05) is 7.05 Å². The highest BCUT2D eigenvalue weighted by Gasteiger charge is 2.35. The van der Waals surface area contributed by atoms with Crippen molar-refractivity contribution >= 4 is 29.9 Å². The van der Waals surface area contributed by atoms with Gasteiger partial charge in [0.2, 0.25) is 0 Å². The summed E-state index contributed by atoms with van der Waals surface area (Å²) in [6.07, 6.45) is 7.71. The molecule has 0 aromatic carbocycles. The molecule has 0 aromatic heterocycles. The second-order valence-corrected chi connectivity index (χ2v) is 8.79. The number of rotatable bonds is 5. The molecule has 0 amide bonds. The lowest BCUT2D eigenvalue weighted by atomic mass is 9.73. The quantitative estimate of drug-likeness (QED) is 0.311. The number of hydrogen-bond donors (Lipinski definition) is 3. The van der Waals surface area contributed by atoms with E-state index in [0.717, 1.165) is 76.8 Å². The first-order valence-electron chi connectivity index (χ1n) is 10.5. The van der Waals surface area contributed by atoms with E-state index in [2.05, 4.69) is 27.4 Å². The molecule has 7 heteroatoms. The summed E-state index contributed by atoms with van der Waals surface area (Å²) in [6.45, 7) is 8.37. The summed E-state index contributed by atoms with van der Waals surface area (Å²) in [5, 5.41) is 17.4. The minimum absolute atomic E-state index is 0. The summed E-state index contributed by atoms with van der Waals surface area (Å²) in [5.41, 5.74) is -0.0391. The van der Waals surface area contributed by atoms with Gasteiger partial charge in [0, 0.05) is 51.3 Å². The van der Waals surface area contributed by atoms with Crippen molar-refractivity contribution in [1.29, 1.82) is 0 Å². The van der Waals surface area contributed by atoms with E-state index >= 15 is 0 Å². The van der Waals surface area contributed by atoms with Crippen LogP contribution >= 0.6 is 24.0 Å². The Kier molecular flexibility index (Phi) is 9.58. The SMILES string of the molecule is CN=C(NCC1(C)CCCCC1O)NC1CCN(CC2CCOC2)CC1.I. The molecule has 1 saturated carbocycles. The highest BCUT2D eigenvalue weighted by atomic mass is 127. The minimum atomic E-state index is -0.204. The van der Waals surface area contributed by atoms with Gasteiger partial charge in [-0.25, -0.2) is 0 Å². The van der Waals surface area contributed by atoms with Gasteiger partial charge in [0.15, 0.2) is 5.96 Å². The first-order valence-corrected chi connectivity index (χ1v) is 10.5. The van der Waals surface area contributed by atoms with Crippen molar-refractivity contribution in [2.45, 2.75) is 64.0 Å². The van der Waals surface area contributed by atoms with Gasteiger partial charge in [0.25, 0.3) is 0 Å². The number of aliphatic hydroxyl groups is 1. The fourth-order valence-electron chi connectivity index (χ4n) is 4.61. The van der Waals surface area contributed by atoms with Crippen LogP contribution in [0.1, 0.15) is 51.9 Å². The van der Waals surface area contributed by atoms with Gasteiger partial charge in [-0.1, -0.05) is 19.8 Å². The Morgan fingerprint density at radius 3 is 2.63 bits per heavy atom. The topological polar surface area (TPSA) is 69.1 Å². The predicted octanol–water partition coefficient (Wildman–Crippen LogP) is 2.21. The molecule has 0 bridgehead atoms. The third kappa shape index (κ3) is 6.72. The van der Waals surface area contributed by atoms with E-state index in [9.17, 15) is 5.11 Å². The van der Waals surface area contributed by atoms with Crippen molar-refractivity contribution < 1.29 is 9.84 Å². The normalized spacial score (nSPS) is 33.5. The van der Waals surface area contributed by atoms with Crippen LogP contribution in [0.3, 0.4) is 0 Å². The van der Waals surface area contributed by atoms with Gasteiger partial charge < -0.3 is 25.4 Å². The zero-order chi connectivity index (χ0) is 18.4. The molecule has 2 heterocycles. The monoisotopic (exact) mass is 494 g/mol. The number of hydrogen-bond acceptors (Lipinski definition) is 4. The minimum Gasteiger partial charge on any atom is -0.392 e. The van der Waals surface area contributed by atoms with Crippen LogP contribution < -0.4 is 10.6 Å². The molecule has 27 heavy (non-hydrogen) atoms. The number of aliphatic imine (C=N–C) groups is 1. The molecule has 2 saturated heterocycles. The molecule has 3 rings (SSSR count). The molecule has 0 spiro atoms. The van der Waals surface area contributed by atoms with Crippen molar-refractivity contribution in [3.05, 3.63) is 0 Å². The third-order valence-electron chi connectivity index (χ3n) is 6.63. The Hall–Kier alpha value is -0.120. The summed E-state index contributed by atoms with van der Waals surface area (Å²) in [5.74, 6) is 1.61. The fourth-order valence-corrected chi connectivity index (χ4v) is 4.61. The van der Waals surface area contributed by atoms with E-state index in [4.69, 9.17) is 4.74 Å². The lowest BCUT2D eigenvalue weighted by molar-refractivity contribution is 0.00393. The number of guanidine groups is 1. The van der Waals surface area contributed by atoms with Crippen LogP contribution in [0.25, 0.3) is 0 Å². The van der Waals surface area contributed by atoms with Gasteiger partial charge >= 0.3 is 0 Å². The molecule has 3 N–H and O–H groups in total. The van der Waals surface area contributed by atoms with Crippen LogP contribution in [-0.4, -0.2) is 74.6 Å². The van der Waals surface area contributed by atoms with E-state index in [-0.39, 0.29) is 35.5 Å². The zero-order valence-electron chi connectivity index (χ0n) is 17.1. The summed E-state index contributed by atoms with van der Waals surface area (Å²) in [4.78, 5) is 7.00. The maximum absolute atomic E-state index is 10.4. The molecule has 0 radical (unpaired) electrons. The van der Waals surface area contributed by atoms with Gasteiger partial charge in [-0.15, -0.1) is 24.0 Å². The van der Waals surface area contributed by atoms with Crippen molar-refractivity contribution in [2.75, 3.05) is 46.4 Å². The highest BCUT2D eigenvalue weighted by Crippen LogP contribution is 2.35. The molecule has 2 aliphatic heterocycles. The summed E-state index contributed by atoms with van der Waals surface area (Å²) in [6, 6.07) is 0.487. The summed E-state index contributed by atoms with van der Waals surface area (Å²) >= 11 is 0. The average Bonchev–Trinajstić information content (AvgIpc) is 3.16. The van der Waals surface area contributed by atoms with Crippen molar-refractivity contribution in [3.63, 3.8) is 0 Å². The van der Waals surface area contributed by atoms with Gasteiger partial charge in [-0.05, 0) is 38.0 Å². The maximum Gasteiger partial charge on any atom is 0.191 e. The average molecular weight is 494 g/mol. The summed E-state index contributed by atoms with van der Waals surface area (Å²) < 4.78 is 5.50. The number of nitrogens with zero attached hydrogens (tertiary/aromatic N) is 2. The second-order valence-electron chi connectivity index (χ2n) is 8.79. The van der Waals surface area contributed by atoms with E-state index in [1.165, 1.54) is 19.4 Å². The molecular formula is C20H39IN4O2. The Bertz CT molecular complexity index is 465. The smallest absolute Gasteiger partial charge is 0.191 e. The maximum atomic E-state index is 10.4.